The Morgan fingerprint density at radius 2 is 0.514 bits per heavy atom. The summed E-state index contributed by atoms with van der Waals surface area (Å²) in [5.41, 5.74) is 0. The number of esters is 2. The second kappa shape index (κ2) is 87.4. The summed E-state index contributed by atoms with van der Waals surface area (Å²) in [6.07, 6.45) is 111. The summed E-state index contributed by atoms with van der Waals surface area (Å²) in [5.74, 6) is -2.24. The molecule has 0 bridgehead atoms. The quantitative estimate of drug-likeness (QED) is 0.0195. The molecule has 0 amide bonds. The van der Waals surface area contributed by atoms with E-state index in [9.17, 15) is 19.5 Å². The largest absolute Gasteiger partial charge is 0.545 e. The number of aliphatic carboxylic acids is 1. The van der Waals surface area contributed by atoms with E-state index in [4.69, 9.17) is 18.9 Å². The Hall–Kier alpha value is -2.23. The fourth-order valence-electron chi connectivity index (χ4n) is 15.0. The van der Waals surface area contributed by atoms with Gasteiger partial charge in [-0.25, -0.2) is 0 Å². The molecule has 0 aliphatic carbocycles. The van der Waals surface area contributed by atoms with Gasteiger partial charge in [0, 0.05) is 12.8 Å². The number of allylic oxidation sites excluding steroid dienone is 4. The molecule has 0 aliphatic heterocycles. The van der Waals surface area contributed by atoms with E-state index in [1.54, 1.807) is 0 Å². The van der Waals surface area contributed by atoms with Gasteiger partial charge in [-0.1, -0.05) is 481 Å². The van der Waals surface area contributed by atoms with Crippen molar-refractivity contribution in [3.8, 4) is 0 Å². The smallest absolute Gasteiger partial charge is 0.306 e. The van der Waals surface area contributed by atoms with E-state index < -0.39 is 24.3 Å². The number of carboxylic acids is 1. The van der Waals surface area contributed by atoms with Crippen molar-refractivity contribution in [2.24, 2.45) is 0 Å². The lowest BCUT2D eigenvalue weighted by atomic mass is 10.0. The maximum atomic E-state index is 13.0. The minimum absolute atomic E-state index is 0.153. The third-order valence-corrected chi connectivity index (χ3v) is 22.2. The molecule has 9 nitrogen and oxygen atoms in total. The standard InChI is InChI=1S/C96H185NO8/c1-6-8-10-12-14-16-18-20-22-24-26-28-30-32-34-36-38-40-42-44-46-47-49-50-52-54-56-58-60-62-64-66-68-70-72-74-76-78-80-82-84-86-93(98)103-90-92(91-104-96(95(100)101)102-89-88-97(3,4)5)105-94(99)87-85-83-81-79-77-75-73-71-69-67-65-63-61-59-57-55-53-51-48-45-43-41-39-37-35-33-31-29-27-25-23-21-19-17-15-13-11-9-7-2/h19,21,25,27,92,96H,6-18,20,22-24,26,28-91H2,1-5H3/b21-19-,27-25-. The molecule has 0 heterocycles. The van der Waals surface area contributed by atoms with Crippen molar-refractivity contribution >= 4 is 17.9 Å². The number of likely N-dealkylation sites (N-methyl/N-ethyl adjacent to an activating group) is 1. The summed E-state index contributed by atoms with van der Waals surface area (Å²) in [5, 5.41) is 11.9. The Kier molecular flexibility index (Phi) is 85.5. The zero-order valence-corrected chi connectivity index (χ0v) is 71.7. The van der Waals surface area contributed by atoms with Crippen molar-refractivity contribution in [3.63, 3.8) is 0 Å². The third kappa shape index (κ3) is 88.9. The van der Waals surface area contributed by atoms with E-state index >= 15 is 0 Å². The van der Waals surface area contributed by atoms with Crippen LogP contribution in [0.2, 0.25) is 0 Å². The fraction of sp³-hybridized carbons (Fsp3) is 0.927. The first-order valence-corrected chi connectivity index (χ1v) is 47.5. The molecule has 9 heteroatoms. The van der Waals surface area contributed by atoms with Gasteiger partial charge in [0.1, 0.15) is 13.2 Å². The summed E-state index contributed by atoms with van der Waals surface area (Å²) in [7, 11) is 5.96. The highest BCUT2D eigenvalue weighted by atomic mass is 16.7. The maximum absolute atomic E-state index is 13.0. The molecule has 0 fully saturated rings. The number of carboxylic acid groups (broad SMARTS) is 1. The number of quaternary nitrogens is 1. The van der Waals surface area contributed by atoms with Crippen molar-refractivity contribution in [1.82, 2.24) is 0 Å². The average Bonchev–Trinajstić information content (AvgIpc) is 1.97. The van der Waals surface area contributed by atoms with Gasteiger partial charge in [0.15, 0.2) is 12.4 Å². The zero-order valence-electron chi connectivity index (χ0n) is 71.7. The van der Waals surface area contributed by atoms with E-state index in [0.29, 0.717) is 17.4 Å². The highest BCUT2D eigenvalue weighted by molar-refractivity contribution is 5.70. The van der Waals surface area contributed by atoms with Gasteiger partial charge in [-0.3, -0.25) is 9.59 Å². The number of carbonyl (C=O) groups is 3. The van der Waals surface area contributed by atoms with Crippen molar-refractivity contribution in [3.05, 3.63) is 24.3 Å². The van der Waals surface area contributed by atoms with Gasteiger partial charge in [-0.2, -0.15) is 0 Å². The predicted octanol–water partition coefficient (Wildman–Crippen LogP) is 29.8. The molecule has 0 N–H and O–H groups in total. The average molecular weight is 1480 g/mol. The normalized spacial score (nSPS) is 12.6. The Bertz CT molecular complexity index is 1780. The SMILES string of the molecule is CCCCCCC/C=C\C/C=C\CCCCCCCCCCCCCCCCCCCCCCCCCCCCCC(=O)OC(COC(=O)CCCCCCCCCCCCCCCCCCCCCCCCCCCCCCCCCCCCCCCCCCC)COC(OCC[N+](C)(C)C)C(=O)[O-]. The van der Waals surface area contributed by atoms with Crippen molar-refractivity contribution in [2.75, 3.05) is 47.5 Å². The van der Waals surface area contributed by atoms with Crippen LogP contribution in [0.1, 0.15) is 515 Å². The van der Waals surface area contributed by atoms with Gasteiger partial charge in [0.25, 0.3) is 0 Å². The van der Waals surface area contributed by atoms with Crippen LogP contribution < -0.4 is 5.11 Å². The van der Waals surface area contributed by atoms with Gasteiger partial charge < -0.3 is 33.3 Å². The molecule has 0 saturated carbocycles. The minimum Gasteiger partial charge on any atom is -0.545 e. The molecule has 2 atom stereocenters. The van der Waals surface area contributed by atoms with E-state index in [1.807, 2.05) is 21.1 Å². The van der Waals surface area contributed by atoms with Gasteiger partial charge >= 0.3 is 11.9 Å². The summed E-state index contributed by atoms with van der Waals surface area (Å²) in [6.45, 7) is 4.84. The van der Waals surface area contributed by atoms with Crippen molar-refractivity contribution in [1.29, 1.82) is 0 Å². The number of hydrogen-bond donors (Lipinski definition) is 0. The second-order valence-corrected chi connectivity index (χ2v) is 34.0. The number of rotatable bonds is 91. The van der Waals surface area contributed by atoms with E-state index in [2.05, 4.69) is 38.2 Å². The number of carbonyl (C=O) groups excluding carboxylic acids is 3. The fourth-order valence-corrected chi connectivity index (χ4v) is 15.0. The van der Waals surface area contributed by atoms with Crippen LogP contribution in [0.4, 0.5) is 0 Å². The van der Waals surface area contributed by atoms with Crippen molar-refractivity contribution < 1.29 is 42.9 Å². The summed E-state index contributed by atoms with van der Waals surface area (Å²) >= 11 is 0. The molecule has 0 aromatic carbocycles. The zero-order chi connectivity index (χ0) is 76.0. The number of unbranched alkanes of at least 4 members (excludes halogenated alkanes) is 72. The van der Waals surface area contributed by atoms with Crippen LogP contribution in [0, 0.1) is 0 Å². The van der Waals surface area contributed by atoms with Gasteiger partial charge in [0.05, 0.1) is 40.3 Å². The van der Waals surface area contributed by atoms with Gasteiger partial charge in [-0.05, 0) is 44.9 Å². The first kappa shape index (κ1) is 103. The highest BCUT2D eigenvalue weighted by Gasteiger charge is 2.22. The Morgan fingerprint density at radius 3 is 0.752 bits per heavy atom. The van der Waals surface area contributed by atoms with Crippen LogP contribution in [0.3, 0.4) is 0 Å². The van der Waals surface area contributed by atoms with Crippen LogP contribution in [-0.2, 0) is 33.3 Å². The third-order valence-electron chi connectivity index (χ3n) is 22.2. The number of nitrogens with zero attached hydrogens (tertiary/aromatic N) is 1. The van der Waals surface area contributed by atoms with Crippen molar-refractivity contribution in [2.45, 2.75) is 527 Å². The molecule has 0 radical (unpaired) electrons. The lowest BCUT2D eigenvalue weighted by Crippen LogP contribution is -2.44. The van der Waals surface area contributed by atoms with Crippen LogP contribution in [0.15, 0.2) is 24.3 Å². The summed E-state index contributed by atoms with van der Waals surface area (Å²) in [4.78, 5) is 37.7. The molecule has 622 valence electrons. The summed E-state index contributed by atoms with van der Waals surface area (Å²) < 4.78 is 23.0. The van der Waals surface area contributed by atoms with E-state index in [1.165, 1.54) is 443 Å². The molecule has 0 spiro atoms. The molecular weight excluding hydrogens is 1300 g/mol. The maximum Gasteiger partial charge on any atom is 0.306 e. The Morgan fingerprint density at radius 1 is 0.286 bits per heavy atom. The number of hydrogen-bond acceptors (Lipinski definition) is 8. The monoisotopic (exact) mass is 1480 g/mol. The van der Waals surface area contributed by atoms with Crippen LogP contribution >= 0.6 is 0 Å². The first-order chi connectivity index (χ1) is 51.6. The molecule has 0 aliphatic rings. The summed E-state index contributed by atoms with van der Waals surface area (Å²) in [6, 6.07) is 0. The molecule has 0 aromatic heterocycles. The predicted molar refractivity (Wildman–Crippen MR) is 454 cm³/mol. The second-order valence-electron chi connectivity index (χ2n) is 34.0. The van der Waals surface area contributed by atoms with Gasteiger partial charge in [0.2, 0.25) is 0 Å². The van der Waals surface area contributed by atoms with Crippen LogP contribution in [0.25, 0.3) is 0 Å². The molecule has 0 aromatic rings. The van der Waals surface area contributed by atoms with E-state index in [0.717, 1.165) is 44.9 Å². The van der Waals surface area contributed by atoms with Gasteiger partial charge in [-0.15, -0.1) is 0 Å². The number of ether oxygens (including phenoxy) is 4. The molecule has 0 saturated heterocycles. The minimum atomic E-state index is -1.62. The van der Waals surface area contributed by atoms with E-state index in [-0.39, 0.29) is 32.2 Å². The lowest BCUT2D eigenvalue weighted by Gasteiger charge is -2.26. The molecule has 0 rings (SSSR count). The molecular formula is C96H185NO8. The molecule has 105 heavy (non-hydrogen) atoms. The Labute approximate surface area is 656 Å². The topological polar surface area (TPSA) is 111 Å². The highest BCUT2D eigenvalue weighted by Crippen LogP contribution is 2.22. The lowest BCUT2D eigenvalue weighted by molar-refractivity contribution is -0.870. The Balaban J connectivity index is 3.85. The van der Waals surface area contributed by atoms with Crippen LogP contribution in [-0.4, -0.2) is 82.3 Å². The van der Waals surface area contributed by atoms with Crippen LogP contribution in [0.5, 0.6) is 0 Å². The first-order valence-electron chi connectivity index (χ1n) is 47.5. The molecule has 2 unspecified atom stereocenters.